The third kappa shape index (κ3) is 7.88. The summed E-state index contributed by atoms with van der Waals surface area (Å²) < 4.78 is 5.97. The van der Waals surface area contributed by atoms with Crippen LogP contribution in [0.4, 0.5) is 0 Å². The number of thiophene rings is 1. The number of benzene rings is 5. The molecule has 0 aliphatic carbocycles. The van der Waals surface area contributed by atoms with Gasteiger partial charge in [-0.2, -0.15) is 0 Å². The molecule has 0 aliphatic heterocycles. The summed E-state index contributed by atoms with van der Waals surface area (Å²) in [7, 11) is 0. The first-order chi connectivity index (χ1) is 23.7. The molecule has 2 heterocycles. The van der Waals surface area contributed by atoms with Crippen molar-refractivity contribution in [1.29, 1.82) is 0 Å². The summed E-state index contributed by atoms with van der Waals surface area (Å²) in [5, 5.41) is 11.5. The van der Waals surface area contributed by atoms with E-state index in [1.165, 1.54) is 179 Å². The fraction of sp³-hybridized carbons (Fsp3) is 0.435. The van der Waals surface area contributed by atoms with Crippen LogP contribution in [-0.2, 0) is 12.8 Å². The van der Waals surface area contributed by atoms with E-state index in [0.29, 0.717) is 14.5 Å². The van der Waals surface area contributed by atoms with Crippen molar-refractivity contribution >= 4 is 86.9 Å². The summed E-state index contributed by atoms with van der Waals surface area (Å²) in [6.45, 7) is 4.60. The van der Waals surface area contributed by atoms with Crippen molar-refractivity contribution in [2.24, 2.45) is 0 Å². The average Bonchev–Trinajstić information content (AvgIpc) is 3.63. The zero-order valence-electron chi connectivity index (χ0n) is 29.5. The number of hydrogen-bond acceptors (Lipinski definition) is 1. The fourth-order valence-electron chi connectivity index (χ4n) is 7.87. The molecule has 250 valence electrons. The van der Waals surface area contributed by atoms with Gasteiger partial charge in [0.2, 0.25) is 0 Å². The molecule has 5 aromatic carbocycles. The number of rotatable bonds is 18. The Morgan fingerprint density at radius 1 is 0.396 bits per heavy atom. The van der Waals surface area contributed by atoms with Crippen LogP contribution >= 0.6 is 11.3 Å². The molecule has 0 bridgehead atoms. The minimum atomic E-state index is 0.358. The second kappa shape index (κ2) is 16.4. The van der Waals surface area contributed by atoms with E-state index in [9.17, 15) is 0 Å². The van der Waals surface area contributed by atoms with Gasteiger partial charge in [-0.3, -0.25) is 0 Å². The van der Waals surface area contributed by atoms with E-state index in [0.717, 1.165) is 0 Å². The van der Waals surface area contributed by atoms with E-state index in [4.69, 9.17) is 0 Å². The molecule has 48 heavy (non-hydrogen) atoms. The van der Waals surface area contributed by atoms with Crippen molar-refractivity contribution in [2.75, 3.05) is 0 Å². The van der Waals surface area contributed by atoms with Crippen LogP contribution in [0.25, 0.3) is 61.0 Å². The quantitative estimate of drug-likeness (QED) is 0.0612. The van der Waals surface area contributed by atoms with Gasteiger partial charge in [0.1, 0.15) is 0 Å². The minimum absolute atomic E-state index is 0.358. The molecule has 2 aromatic heterocycles. The first-order valence-electron chi connectivity index (χ1n) is 19.4. The molecule has 0 amide bonds. The van der Waals surface area contributed by atoms with E-state index in [1.54, 1.807) is 8.52 Å². The van der Waals surface area contributed by atoms with Crippen LogP contribution in [0, 0.1) is 0 Å². The molecule has 0 unspecified atom stereocenters. The molecule has 0 atom stereocenters. The van der Waals surface area contributed by atoms with Crippen LogP contribution in [0.2, 0.25) is 0 Å². The molecule has 0 aliphatic rings. The van der Waals surface area contributed by atoms with Crippen LogP contribution in [0.1, 0.15) is 128 Å². The zero-order chi connectivity index (χ0) is 32.7. The van der Waals surface area contributed by atoms with Crippen molar-refractivity contribution in [3.05, 3.63) is 83.9 Å². The Balaban J connectivity index is 1.08. The Morgan fingerprint density at radius 3 is 1.46 bits per heavy atom. The van der Waals surface area contributed by atoms with Crippen molar-refractivity contribution < 1.29 is 0 Å². The zero-order valence-corrected chi connectivity index (χ0v) is 32.0. The summed E-state index contributed by atoms with van der Waals surface area (Å²) in [6, 6.07) is 29.5. The summed E-state index contributed by atoms with van der Waals surface area (Å²) in [5.74, 6) is 0. The number of unbranched alkanes of at least 4 members (excludes halogenated alkanes) is 14. The predicted octanol–water partition coefficient (Wildman–Crippen LogP) is 15.1. The van der Waals surface area contributed by atoms with Gasteiger partial charge in [-0.25, -0.2) is 0 Å². The Labute approximate surface area is 298 Å². The van der Waals surface area contributed by atoms with Gasteiger partial charge in [0.25, 0.3) is 0 Å². The van der Waals surface area contributed by atoms with Gasteiger partial charge in [0.15, 0.2) is 0 Å². The van der Waals surface area contributed by atoms with Gasteiger partial charge in [0.05, 0.1) is 0 Å². The molecule has 0 saturated carbocycles. The molecular weight excluding hydrogens is 664 g/mol. The van der Waals surface area contributed by atoms with Crippen molar-refractivity contribution in [3.8, 4) is 0 Å². The van der Waals surface area contributed by atoms with Crippen LogP contribution < -0.4 is 0 Å². The summed E-state index contributed by atoms with van der Waals surface area (Å²) >= 11 is 2.34. The normalized spacial score (nSPS) is 12.2. The van der Waals surface area contributed by atoms with Crippen LogP contribution in [0.5, 0.6) is 0 Å². The molecule has 7 aromatic rings. The maximum absolute atomic E-state index is 2.55. The number of fused-ring (bicyclic) bond motifs is 8. The van der Waals surface area contributed by atoms with Crippen LogP contribution in [0.15, 0.2) is 72.8 Å². The average molecular weight is 718 g/mol. The Hall–Kier alpha value is -2.64. The van der Waals surface area contributed by atoms with Gasteiger partial charge >= 0.3 is 235 Å². The van der Waals surface area contributed by atoms with E-state index in [-0.39, 0.29) is 0 Å². The maximum atomic E-state index is 2.55. The monoisotopic (exact) mass is 718 g/mol. The van der Waals surface area contributed by atoms with Crippen molar-refractivity contribution in [1.82, 2.24) is 0 Å². The molecule has 2 heteroatoms. The standard InChI is InChI=1S/C46H54SSe/c1-3-5-7-9-11-13-15-17-19-33-21-23-35-29-43-39(27-37(35)25-33)40-32-46-42(31-44(40)47-43)41-28-38-26-34(22-24-36(38)30-45(41)48-46)20-18-16-14-12-10-8-6-4-2/h21-32H,3-20H2,1-2H3. The topological polar surface area (TPSA) is 0 Å². The Morgan fingerprint density at radius 2 is 0.854 bits per heavy atom. The first-order valence-corrected chi connectivity index (χ1v) is 21.9. The fourth-order valence-corrected chi connectivity index (χ4v) is 11.5. The van der Waals surface area contributed by atoms with Crippen LogP contribution in [0.3, 0.4) is 0 Å². The van der Waals surface area contributed by atoms with Gasteiger partial charge in [-0.15, -0.1) is 0 Å². The molecule has 0 fully saturated rings. The molecule has 0 nitrogen and oxygen atoms in total. The second-order valence-electron chi connectivity index (χ2n) is 14.6. The van der Waals surface area contributed by atoms with E-state index in [1.807, 2.05) is 11.3 Å². The van der Waals surface area contributed by atoms with E-state index >= 15 is 0 Å². The molecule has 0 radical (unpaired) electrons. The molecule has 0 N–H and O–H groups in total. The summed E-state index contributed by atoms with van der Waals surface area (Å²) in [5.41, 5.74) is 3.00. The van der Waals surface area contributed by atoms with Gasteiger partial charge in [-0.05, 0) is 0 Å². The Bertz CT molecular complexity index is 1970. The molecule has 0 saturated heterocycles. The van der Waals surface area contributed by atoms with E-state index in [2.05, 4.69) is 86.6 Å². The first kappa shape index (κ1) is 33.8. The molecule has 7 rings (SSSR count). The summed E-state index contributed by atoms with van der Waals surface area (Å²) in [4.78, 5) is 0. The predicted molar refractivity (Wildman–Crippen MR) is 219 cm³/mol. The third-order valence-corrected chi connectivity index (χ3v) is 14.2. The SMILES string of the molecule is CCCCCCCCCCc1ccc2cc3sc4cc5c(cc4c3cc2c1)[se]c1cc2ccc(CCCCCCCCCC)cc2cc15. The van der Waals surface area contributed by atoms with Gasteiger partial charge in [-0.1, -0.05) is 65.2 Å². The molecular formula is C46H54SSe. The Kier molecular flexibility index (Phi) is 11.5. The second-order valence-corrected chi connectivity index (χ2v) is 17.9. The van der Waals surface area contributed by atoms with Gasteiger partial charge in [0, 0.05) is 0 Å². The number of aryl methyl sites for hydroxylation is 2. The van der Waals surface area contributed by atoms with Crippen molar-refractivity contribution in [2.45, 2.75) is 129 Å². The third-order valence-electron chi connectivity index (χ3n) is 10.7. The van der Waals surface area contributed by atoms with Crippen LogP contribution in [-0.4, -0.2) is 14.5 Å². The molecule has 0 spiro atoms. The number of hydrogen-bond donors (Lipinski definition) is 0. The summed E-state index contributed by atoms with van der Waals surface area (Å²) in [6.07, 6.45) is 24.5. The van der Waals surface area contributed by atoms with Gasteiger partial charge < -0.3 is 0 Å². The van der Waals surface area contributed by atoms with Crippen molar-refractivity contribution in [3.63, 3.8) is 0 Å². The van der Waals surface area contributed by atoms with E-state index < -0.39 is 0 Å².